The van der Waals surface area contributed by atoms with Gasteiger partial charge in [0.15, 0.2) is 0 Å². The number of pyridine rings is 1. The molecule has 4 nitrogen and oxygen atoms in total. The van der Waals surface area contributed by atoms with Crippen LogP contribution in [0.3, 0.4) is 0 Å². The lowest BCUT2D eigenvalue weighted by molar-refractivity contribution is 0.239. The van der Waals surface area contributed by atoms with E-state index in [0.29, 0.717) is 11.7 Å². The number of nitrogens with two attached hydrogens (primary N) is 1. The molecule has 3 aromatic rings. The van der Waals surface area contributed by atoms with Crippen molar-refractivity contribution in [3.63, 3.8) is 0 Å². The van der Waals surface area contributed by atoms with Crippen LogP contribution >= 0.6 is 0 Å². The lowest BCUT2D eigenvalue weighted by Crippen LogP contribution is -2.31. The Bertz CT molecular complexity index is 1090. The van der Waals surface area contributed by atoms with Gasteiger partial charge in [-0.25, -0.2) is 4.39 Å². The van der Waals surface area contributed by atoms with E-state index in [0.717, 1.165) is 35.2 Å². The minimum atomic E-state index is -0.265. The number of benzene rings is 1. The highest BCUT2D eigenvalue weighted by Crippen LogP contribution is 2.30. The lowest BCUT2D eigenvalue weighted by Gasteiger charge is -2.29. The third-order valence-corrected chi connectivity index (χ3v) is 7.12. The minimum Gasteiger partial charge on any atom is -0.328 e. The molecule has 206 valence electrons. The van der Waals surface area contributed by atoms with Gasteiger partial charge in [0, 0.05) is 29.2 Å². The summed E-state index contributed by atoms with van der Waals surface area (Å²) in [7, 11) is 0. The molecule has 2 heterocycles. The van der Waals surface area contributed by atoms with E-state index >= 15 is 0 Å². The molecule has 1 fully saturated rings. The van der Waals surface area contributed by atoms with Gasteiger partial charge in [0.2, 0.25) is 0 Å². The highest BCUT2D eigenvalue weighted by atomic mass is 19.1. The zero-order valence-electron chi connectivity index (χ0n) is 24.9. The van der Waals surface area contributed by atoms with Crippen molar-refractivity contribution in [1.82, 2.24) is 14.8 Å². The summed E-state index contributed by atoms with van der Waals surface area (Å²) < 4.78 is 15.0. The average Bonchev–Trinajstić information content (AvgIpc) is 3.30. The Kier molecular flexibility index (Phi) is 14.4. The van der Waals surface area contributed by atoms with E-state index in [2.05, 4.69) is 62.6 Å². The predicted octanol–water partition coefficient (Wildman–Crippen LogP) is 8.81. The predicted molar refractivity (Wildman–Crippen MR) is 159 cm³/mol. The Balaban J connectivity index is 0.000000269. The average molecular weight is 511 g/mol. The number of aromatic nitrogens is 3. The normalized spacial score (nSPS) is 14.8. The van der Waals surface area contributed by atoms with Gasteiger partial charge < -0.3 is 5.73 Å². The molecule has 0 radical (unpaired) electrons. The highest BCUT2D eigenvalue weighted by molar-refractivity contribution is 5.79. The molecular weight excluding hydrogens is 459 g/mol. The zero-order chi connectivity index (χ0) is 28.1. The second-order valence-corrected chi connectivity index (χ2v) is 10.1. The first-order chi connectivity index (χ1) is 17.5. The second kappa shape index (κ2) is 16.3. The van der Waals surface area contributed by atoms with Crippen LogP contribution in [0.1, 0.15) is 96.2 Å². The molecule has 0 bridgehead atoms. The first-order valence-electron chi connectivity index (χ1n) is 14.0. The number of hydrogen-bond acceptors (Lipinski definition) is 3. The molecule has 1 saturated carbocycles. The largest absolute Gasteiger partial charge is 0.328 e. The summed E-state index contributed by atoms with van der Waals surface area (Å²) in [6.45, 7) is 22.7. The van der Waals surface area contributed by atoms with Gasteiger partial charge in [-0.1, -0.05) is 71.1 Å². The SMILES string of the molecule is C=C(C)c1cc(F)c(C)nc1C.CC.CC(N)C(C)C1CCCCC1.CCn1ncc2cc(C)ccc21. The van der Waals surface area contributed by atoms with Crippen molar-refractivity contribution in [3.8, 4) is 0 Å². The summed E-state index contributed by atoms with van der Waals surface area (Å²) >= 11 is 0. The molecule has 0 aliphatic heterocycles. The number of allylic oxidation sites excluding steroid dienone is 1. The van der Waals surface area contributed by atoms with E-state index in [-0.39, 0.29) is 5.82 Å². The van der Waals surface area contributed by atoms with E-state index in [1.54, 1.807) is 6.92 Å². The molecule has 0 spiro atoms. The first-order valence-corrected chi connectivity index (χ1v) is 14.0. The van der Waals surface area contributed by atoms with Crippen molar-refractivity contribution in [2.45, 2.75) is 107 Å². The van der Waals surface area contributed by atoms with Crippen LogP contribution in [-0.2, 0) is 6.54 Å². The Morgan fingerprint density at radius 3 is 2.24 bits per heavy atom. The molecule has 1 aliphatic rings. The molecule has 2 unspecified atom stereocenters. The number of hydrogen-bond donors (Lipinski definition) is 1. The quantitative estimate of drug-likeness (QED) is 0.381. The maximum Gasteiger partial charge on any atom is 0.145 e. The van der Waals surface area contributed by atoms with E-state index in [1.807, 2.05) is 38.6 Å². The first kappa shape index (κ1) is 32.5. The zero-order valence-corrected chi connectivity index (χ0v) is 24.9. The maximum atomic E-state index is 13.0. The van der Waals surface area contributed by atoms with E-state index in [4.69, 9.17) is 5.73 Å². The van der Waals surface area contributed by atoms with Crippen molar-refractivity contribution >= 4 is 16.5 Å². The lowest BCUT2D eigenvalue weighted by atomic mass is 9.78. The summed E-state index contributed by atoms with van der Waals surface area (Å²) in [6.07, 6.45) is 9.07. The van der Waals surface area contributed by atoms with E-state index in [1.165, 1.54) is 54.6 Å². The number of aryl methyl sites for hydroxylation is 4. The Morgan fingerprint density at radius 2 is 1.70 bits per heavy atom. The fourth-order valence-electron chi connectivity index (χ4n) is 4.68. The molecule has 0 saturated heterocycles. The molecule has 0 amide bonds. The smallest absolute Gasteiger partial charge is 0.145 e. The number of fused-ring (bicyclic) bond motifs is 1. The molecular formula is C32H51FN4. The van der Waals surface area contributed by atoms with Gasteiger partial charge >= 0.3 is 0 Å². The van der Waals surface area contributed by atoms with Gasteiger partial charge in [-0.3, -0.25) is 9.67 Å². The van der Waals surface area contributed by atoms with Gasteiger partial charge in [-0.05, 0) is 77.2 Å². The minimum absolute atomic E-state index is 0.265. The molecule has 2 aromatic heterocycles. The second-order valence-electron chi connectivity index (χ2n) is 10.1. The third-order valence-electron chi connectivity index (χ3n) is 7.12. The van der Waals surface area contributed by atoms with Crippen LogP contribution in [0.2, 0.25) is 0 Å². The molecule has 2 N–H and O–H groups in total. The van der Waals surface area contributed by atoms with Gasteiger partial charge in [0.25, 0.3) is 0 Å². The fourth-order valence-corrected chi connectivity index (χ4v) is 4.68. The summed E-state index contributed by atoms with van der Waals surface area (Å²) in [4.78, 5) is 4.06. The highest BCUT2D eigenvalue weighted by Gasteiger charge is 2.22. The number of nitrogens with zero attached hydrogens (tertiary/aromatic N) is 3. The topological polar surface area (TPSA) is 56.7 Å². The van der Waals surface area contributed by atoms with Crippen molar-refractivity contribution in [1.29, 1.82) is 0 Å². The Labute approximate surface area is 225 Å². The molecule has 1 aromatic carbocycles. The molecule has 4 rings (SSSR count). The van der Waals surface area contributed by atoms with Crippen LogP contribution in [0.5, 0.6) is 0 Å². The molecule has 1 aliphatic carbocycles. The van der Waals surface area contributed by atoms with Crippen molar-refractivity contribution in [3.05, 3.63) is 65.4 Å². The van der Waals surface area contributed by atoms with Gasteiger partial charge in [-0.2, -0.15) is 5.10 Å². The standard InChI is InChI=1S/C10H12FN.C10H12N2.C10H21N.C2H6/c1-6(2)9-5-10(11)8(4)12-7(9)3;1-3-12-10-5-4-8(2)6-9(10)7-11-12;1-8(9(2)11)10-6-4-3-5-7-10;1-2/h5H,1H2,2-4H3;4-7H,3H2,1-2H3;8-10H,3-7,11H2,1-2H3;1-2H3. The van der Waals surface area contributed by atoms with Crippen molar-refractivity contribution in [2.75, 3.05) is 0 Å². The monoisotopic (exact) mass is 510 g/mol. The number of rotatable bonds is 4. The molecule has 2 atom stereocenters. The van der Waals surface area contributed by atoms with E-state index in [9.17, 15) is 4.39 Å². The van der Waals surface area contributed by atoms with Crippen LogP contribution in [-0.4, -0.2) is 20.8 Å². The van der Waals surface area contributed by atoms with Gasteiger partial charge in [0.05, 0.1) is 17.4 Å². The van der Waals surface area contributed by atoms with Crippen LogP contribution in [0.4, 0.5) is 4.39 Å². The maximum absolute atomic E-state index is 13.0. The van der Waals surface area contributed by atoms with Crippen molar-refractivity contribution < 1.29 is 4.39 Å². The Hall–Kier alpha value is -2.53. The van der Waals surface area contributed by atoms with Crippen molar-refractivity contribution in [2.24, 2.45) is 17.6 Å². The van der Waals surface area contributed by atoms with E-state index < -0.39 is 0 Å². The summed E-state index contributed by atoms with van der Waals surface area (Å²) in [5.41, 5.74) is 11.3. The molecule has 37 heavy (non-hydrogen) atoms. The third kappa shape index (κ3) is 10.0. The summed E-state index contributed by atoms with van der Waals surface area (Å²) in [5, 5.41) is 5.50. The Morgan fingerprint density at radius 1 is 1.08 bits per heavy atom. The fraction of sp³-hybridized carbons (Fsp3) is 0.562. The van der Waals surface area contributed by atoms with Gasteiger partial charge in [-0.15, -0.1) is 0 Å². The van der Waals surface area contributed by atoms with Crippen LogP contribution in [0.25, 0.3) is 16.5 Å². The number of halogens is 1. The molecule has 5 heteroatoms. The summed E-state index contributed by atoms with van der Waals surface area (Å²) in [6, 6.07) is 8.28. The van der Waals surface area contributed by atoms with Crippen LogP contribution in [0, 0.1) is 38.4 Å². The van der Waals surface area contributed by atoms with Crippen LogP contribution < -0.4 is 5.73 Å². The van der Waals surface area contributed by atoms with Crippen LogP contribution in [0.15, 0.2) is 37.0 Å². The summed E-state index contributed by atoms with van der Waals surface area (Å²) in [5.74, 6) is 1.39. The van der Waals surface area contributed by atoms with Gasteiger partial charge in [0.1, 0.15) is 5.82 Å².